The van der Waals surface area contributed by atoms with Crippen LogP contribution in [0.25, 0.3) is 0 Å². The average molecular weight is 317 g/mol. The van der Waals surface area contributed by atoms with E-state index in [9.17, 15) is 14.4 Å². The van der Waals surface area contributed by atoms with Crippen LogP contribution in [-0.4, -0.2) is 17.5 Å². The van der Waals surface area contributed by atoms with Crippen LogP contribution >= 0.6 is 11.6 Å². The molecule has 0 heterocycles. The fourth-order valence-corrected chi connectivity index (χ4v) is 2.07. The Morgan fingerprint density at radius 2 is 1.68 bits per heavy atom. The predicted octanol–water partition coefficient (Wildman–Crippen LogP) is 3.40. The quantitative estimate of drug-likeness (QED) is 0.626. The molecule has 0 aliphatic heterocycles. The van der Waals surface area contributed by atoms with Gasteiger partial charge >= 0.3 is 5.97 Å². The van der Waals surface area contributed by atoms with Crippen LogP contribution in [0, 0.1) is 0 Å². The molecule has 0 aliphatic carbocycles. The first kappa shape index (κ1) is 15.9. The Hall–Kier alpha value is -2.46. The summed E-state index contributed by atoms with van der Waals surface area (Å²) < 4.78 is 5.23. The molecule has 4 nitrogen and oxygen atoms in total. The number of ketones is 2. The molecule has 0 saturated heterocycles. The van der Waals surface area contributed by atoms with E-state index in [4.69, 9.17) is 16.3 Å². The zero-order valence-electron chi connectivity index (χ0n) is 11.8. The van der Waals surface area contributed by atoms with Gasteiger partial charge in [-0.3, -0.25) is 9.59 Å². The van der Waals surface area contributed by atoms with Crippen molar-refractivity contribution in [2.24, 2.45) is 0 Å². The average Bonchev–Trinajstić information content (AvgIpc) is 2.52. The summed E-state index contributed by atoms with van der Waals surface area (Å²) in [5.74, 6) is -2.17. The third-order valence-corrected chi connectivity index (χ3v) is 3.21. The molecule has 1 unspecified atom stereocenters. The van der Waals surface area contributed by atoms with Gasteiger partial charge < -0.3 is 4.74 Å². The molecule has 0 fully saturated rings. The lowest BCUT2D eigenvalue weighted by molar-refractivity contribution is -0.141. The van der Waals surface area contributed by atoms with Crippen LogP contribution in [-0.2, 0) is 14.3 Å². The maximum atomic E-state index is 12.2. The summed E-state index contributed by atoms with van der Waals surface area (Å²) >= 11 is 5.83. The van der Waals surface area contributed by atoms with E-state index in [1.807, 2.05) is 0 Å². The molecule has 5 heteroatoms. The summed E-state index contributed by atoms with van der Waals surface area (Å²) in [6.07, 6.45) is -1.26. The molecule has 0 radical (unpaired) electrons. The van der Waals surface area contributed by atoms with Crippen molar-refractivity contribution in [1.29, 1.82) is 0 Å². The van der Waals surface area contributed by atoms with E-state index >= 15 is 0 Å². The number of ether oxygens (including phenoxy) is 1. The summed E-state index contributed by atoms with van der Waals surface area (Å²) in [6, 6.07) is 14.6. The third-order valence-electron chi connectivity index (χ3n) is 2.97. The van der Waals surface area contributed by atoms with Gasteiger partial charge in [-0.1, -0.05) is 48.0 Å². The van der Waals surface area contributed by atoms with Gasteiger partial charge in [-0.05, 0) is 18.2 Å². The summed E-state index contributed by atoms with van der Waals surface area (Å²) in [7, 11) is 0. The first-order valence-corrected chi connectivity index (χ1v) is 6.93. The van der Waals surface area contributed by atoms with Gasteiger partial charge in [0.2, 0.25) is 5.78 Å². The number of carbonyl (C=O) groups excluding carboxylic acids is 3. The number of halogens is 1. The van der Waals surface area contributed by atoms with Crippen molar-refractivity contribution in [3.8, 4) is 0 Å². The van der Waals surface area contributed by atoms with Crippen molar-refractivity contribution in [2.75, 3.05) is 0 Å². The van der Waals surface area contributed by atoms with Gasteiger partial charge in [0.25, 0.3) is 0 Å². The van der Waals surface area contributed by atoms with Crippen molar-refractivity contribution in [1.82, 2.24) is 0 Å². The molecule has 0 spiro atoms. The molecule has 2 aromatic carbocycles. The van der Waals surface area contributed by atoms with E-state index < -0.39 is 23.6 Å². The fourth-order valence-electron chi connectivity index (χ4n) is 1.88. The summed E-state index contributed by atoms with van der Waals surface area (Å²) in [4.78, 5) is 35.6. The molecular formula is C17H13ClO4. The van der Waals surface area contributed by atoms with E-state index in [0.29, 0.717) is 10.6 Å². The number of Topliss-reactive ketones (excluding diaryl/α,β-unsaturated/α-hetero) is 2. The van der Waals surface area contributed by atoms with Crippen molar-refractivity contribution in [3.05, 3.63) is 70.7 Å². The lowest BCUT2D eigenvalue weighted by Crippen LogP contribution is -2.25. The number of hydrogen-bond acceptors (Lipinski definition) is 4. The zero-order chi connectivity index (χ0) is 16.1. The summed E-state index contributed by atoms with van der Waals surface area (Å²) in [5.41, 5.74) is 0.655. The molecule has 0 N–H and O–H groups in total. The van der Waals surface area contributed by atoms with E-state index in [1.54, 1.807) is 42.5 Å². The van der Waals surface area contributed by atoms with Gasteiger partial charge in [0.15, 0.2) is 11.9 Å². The standard InChI is InChI=1S/C17H13ClO4/c1-11(19)15(20)16(12-6-3-2-4-7-12)22-17(21)13-8-5-9-14(18)10-13/h2-10,16H,1H3. The topological polar surface area (TPSA) is 60.4 Å². The van der Waals surface area contributed by atoms with Crippen LogP contribution < -0.4 is 0 Å². The highest BCUT2D eigenvalue weighted by Crippen LogP contribution is 2.21. The number of esters is 1. The molecule has 0 saturated carbocycles. The highest BCUT2D eigenvalue weighted by Gasteiger charge is 2.28. The van der Waals surface area contributed by atoms with Crippen LogP contribution in [0.5, 0.6) is 0 Å². The fraction of sp³-hybridized carbons (Fsp3) is 0.118. The Morgan fingerprint density at radius 3 is 2.27 bits per heavy atom. The van der Waals surface area contributed by atoms with E-state index in [0.717, 1.165) is 6.92 Å². The minimum Gasteiger partial charge on any atom is -0.445 e. The second-order valence-electron chi connectivity index (χ2n) is 4.63. The first-order chi connectivity index (χ1) is 10.5. The minimum atomic E-state index is -1.26. The molecule has 0 bridgehead atoms. The molecule has 0 aliphatic rings. The smallest absolute Gasteiger partial charge is 0.339 e. The van der Waals surface area contributed by atoms with Crippen LogP contribution in [0.2, 0.25) is 5.02 Å². The molecule has 0 aromatic heterocycles. The Morgan fingerprint density at radius 1 is 1.00 bits per heavy atom. The van der Waals surface area contributed by atoms with E-state index in [1.165, 1.54) is 12.1 Å². The monoisotopic (exact) mass is 316 g/mol. The van der Waals surface area contributed by atoms with Gasteiger partial charge in [0, 0.05) is 17.5 Å². The van der Waals surface area contributed by atoms with Gasteiger partial charge in [0.05, 0.1) is 5.56 Å². The maximum absolute atomic E-state index is 12.2. The van der Waals surface area contributed by atoms with Crippen LogP contribution in [0.15, 0.2) is 54.6 Å². The van der Waals surface area contributed by atoms with Crippen molar-refractivity contribution < 1.29 is 19.1 Å². The van der Waals surface area contributed by atoms with Crippen LogP contribution in [0.3, 0.4) is 0 Å². The Balaban J connectivity index is 2.29. The van der Waals surface area contributed by atoms with Crippen molar-refractivity contribution in [3.63, 3.8) is 0 Å². The number of rotatable bonds is 5. The SMILES string of the molecule is CC(=O)C(=O)C(OC(=O)c1cccc(Cl)c1)c1ccccc1. The predicted molar refractivity (Wildman–Crippen MR) is 81.7 cm³/mol. The van der Waals surface area contributed by atoms with Gasteiger partial charge in [0.1, 0.15) is 0 Å². The Bertz CT molecular complexity index is 710. The molecule has 112 valence electrons. The molecular weight excluding hydrogens is 304 g/mol. The van der Waals surface area contributed by atoms with Gasteiger partial charge in [-0.15, -0.1) is 0 Å². The Labute approximate surface area is 132 Å². The number of hydrogen-bond donors (Lipinski definition) is 0. The molecule has 2 rings (SSSR count). The highest BCUT2D eigenvalue weighted by atomic mass is 35.5. The highest BCUT2D eigenvalue weighted by molar-refractivity contribution is 6.38. The maximum Gasteiger partial charge on any atom is 0.339 e. The molecule has 0 amide bonds. The lowest BCUT2D eigenvalue weighted by Gasteiger charge is -2.16. The van der Waals surface area contributed by atoms with E-state index in [2.05, 4.69) is 0 Å². The van der Waals surface area contributed by atoms with Crippen molar-refractivity contribution in [2.45, 2.75) is 13.0 Å². The first-order valence-electron chi connectivity index (χ1n) is 6.55. The minimum absolute atomic E-state index is 0.213. The third kappa shape index (κ3) is 3.80. The molecule has 2 aromatic rings. The normalized spacial score (nSPS) is 11.5. The molecule has 22 heavy (non-hydrogen) atoms. The van der Waals surface area contributed by atoms with Crippen LogP contribution in [0.1, 0.15) is 28.9 Å². The van der Waals surface area contributed by atoms with Gasteiger partial charge in [-0.2, -0.15) is 0 Å². The molecule has 1 atom stereocenters. The number of carbonyl (C=O) groups is 3. The summed E-state index contributed by atoms with van der Waals surface area (Å²) in [6.45, 7) is 1.14. The second-order valence-corrected chi connectivity index (χ2v) is 5.06. The van der Waals surface area contributed by atoms with Crippen molar-refractivity contribution >= 4 is 29.1 Å². The zero-order valence-corrected chi connectivity index (χ0v) is 12.5. The van der Waals surface area contributed by atoms with Gasteiger partial charge in [-0.25, -0.2) is 4.79 Å². The lowest BCUT2D eigenvalue weighted by atomic mass is 10.0. The Kier molecular flexibility index (Phi) is 5.07. The largest absolute Gasteiger partial charge is 0.445 e. The second kappa shape index (κ2) is 7.00. The number of benzene rings is 2. The van der Waals surface area contributed by atoms with E-state index in [-0.39, 0.29) is 5.56 Å². The van der Waals surface area contributed by atoms with Crippen LogP contribution in [0.4, 0.5) is 0 Å². The summed E-state index contributed by atoms with van der Waals surface area (Å²) in [5, 5.41) is 0.378.